The highest BCUT2D eigenvalue weighted by atomic mass is 16.4. The van der Waals surface area contributed by atoms with E-state index in [1.807, 2.05) is 0 Å². The molecule has 1 N–H and O–H groups in total. The lowest BCUT2D eigenvalue weighted by molar-refractivity contribution is -0.132. The molecule has 1 aliphatic rings. The second-order valence-electron chi connectivity index (χ2n) is 1.68. The lowest BCUT2D eigenvalue weighted by Crippen LogP contribution is -2.13. The molecule has 0 bridgehead atoms. The zero-order chi connectivity index (χ0) is 6.69. The van der Waals surface area contributed by atoms with E-state index in [1.54, 1.807) is 18.4 Å². The van der Waals surface area contributed by atoms with E-state index < -0.39 is 5.97 Å². The molecule has 3 heteroatoms. The van der Waals surface area contributed by atoms with E-state index in [4.69, 9.17) is 5.11 Å². The van der Waals surface area contributed by atoms with Crippen molar-refractivity contribution in [2.45, 2.75) is 0 Å². The minimum atomic E-state index is -0.886. The molecule has 1 aliphatic heterocycles. The third-order valence-electron chi connectivity index (χ3n) is 1.03. The molecule has 1 heterocycles. The summed E-state index contributed by atoms with van der Waals surface area (Å²) in [5.74, 6) is -0.886. The fourth-order valence-corrected chi connectivity index (χ4v) is 0.563. The van der Waals surface area contributed by atoms with Crippen molar-refractivity contribution >= 4 is 5.97 Å². The second kappa shape index (κ2) is 2.35. The van der Waals surface area contributed by atoms with E-state index in [0.717, 1.165) is 0 Å². The number of allylic oxidation sites excluding steroid dienone is 2. The summed E-state index contributed by atoms with van der Waals surface area (Å²) in [5.41, 5.74) is 0.345. The summed E-state index contributed by atoms with van der Waals surface area (Å²) in [4.78, 5) is 10.2. The Morgan fingerprint density at radius 1 is 1.78 bits per heavy atom. The quantitative estimate of drug-likeness (QED) is 0.540. The Kier molecular flexibility index (Phi) is 1.53. The monoisotopic (exact) mass is 124 g/mol. The molecule has 0 aromatic heterocycles. The van der Waals surface area contributed by atoms with Crippen molar-refractivity contribution in [3.05, 3.63) is 23.9 Å². The maximum Gasteiger partial charge on any atom is 0.333 e. The predicted molar refractivity (Wildman–Crippen MR) is 31.9 cm³/mol. The van der Waals surface area contributed by atoms with Crippen LogP contribution in [-0.2, 0) is 4.79 Å². The molecular weight excluding hydrogens is 118 g/mol. The Balaban J connectivity index is 2.68. The van der Waals surface area contributed by atoms with Crippen LogP contribution in [0.2, 0.25) is 0 Å². The molecule has 0 saturated carbocycles. The van der Waals surface area contributed by atoms with Crippen LogP contribution in [0.1, 0.15) is 0 Å². The van der Waals surface area contributed by atoms with Crippen LogP contribution < -0.4 is 5.32 Å². The zero-order valence-electron chi connectivity index (χ0n) is 4.74. The van der Waals surface area contributed by atoms with E-state index in [1.165, 1.54) is 0 Å². The third kappa shape index (κ3) is 1.32. The molecule has 0 aliphatic carbocycles. The summed E-state index contributed by atoms with van der Waals surface area (Å²) < 4.78 is 0. The molecule has 47 valence electrons. The van der Waals surface area contributed by atoms with Gasteiger partial charge in [-0.3, -0.25) is 5.32 Å². The molecule has 1 rings (SSSR count). The minimum absolute atomic E-state index is 0.297. The molecule has 1 radical (unpaired) electrons. The van der Waals surface area contributed by atoms with Gasteiger partial charge in [0, 0.05) is 6.20 Å². The van der Waals surface area contributed by atoms with Gasteiger partial charge in [-0.05, 0) is 12.2 Å². The van der Waals surface area contributed by atoms with Crippen molar-refractivity contribution in [1.29, 1.82) is 0 Å². The molecular formula is C6H6NO2. The number of hydrogen-bond acceptors (Lipinski definition) is 1. The first kappa shape index (κ1) is 5.88. The number of carboxylic acids is 1. The lowest BCUT2D eigenvalue weighted by Gasteiger charge is -2.01. The van der Waals surface area contributed by atoms with E-state index in [9.17, 15) is 4.79 Å². The van der Waals surface area contributed by atoms with E-state index in [2.05, 4.69) is 5.32 Å². The van der Waals surface area contributed by atoms with Crippen molar-refractivity contribution in [2.75, 3.05) is 6.54 Å². The molecule has 0 atom stereocenters. The standard InChI is InChI=1S/C6H6NO2/c8-6(9)5-2-1-3-7-4-5/h1-3H,4H2,(H,8,9). The zero-order valence-corrected chi connectivity index (χ0v) is 4.74. The first-order valence-electron chi connectivity index (χ1n) is 2.56. The number of aliphatic carboxylic acids is 1. The summed E-state index contributed by atoms with van der Waals surface area (Å²) in [6.07, 6.45) is 4.76. The average molecular weight is 124 g/mol. The van der Waals surface area contributed by atoms with Gasteiger partial charge in [-0.15, -0.1) is 0 Å². The molecule has 0 fully saturated rings. The van der Waals surface area contributed by atoms with Crippen LogP contribution in [0, 0.1) is 0 Å². The SMILES string of the molecule is O=C(O)C1=CC=C[N]C1. The molecule has 0 saturated heterocycles. The van der Waals surface area contributed by atoms with Crippen molar-refractivity contribution < 1.29 is 9.90 Å². The Labute approximate surface area is 52.7 Å². The van der Waals surface area contributed by atoms with Crippen LogP contribution in [0.4, 0.5) is 0 Å². The highest BCUT2D eigenvalue weighted by Crippen LogP contribution is 1.98. The van der Waals surface area contributed by atoms with Crippen molar-refractivity contribution in [1.82, 2.24) is 5.32 Å². The van der Waals surface area contributed by atoms with Crippen LogP contribution in [0.5, 0.6) is 0 Å². The van der Waals surface area contributed by atoms with Gasteiger partial charge in [0.15, 0.2) is 0 Å². The van der Waals surface area contributed by atoms with Crippen LogP contribution in [0.15, 0.2) is 23.9 Å². The number of carbonyl (C=O) groups is 1. The topological polar surface area (TPSA) is 51.4 Å². The van der Waals surface area contributed by atoms with E-state index >= 15 is 0 Å². The Morgan fingerprint density at radius 3 is 2.89 bits per heavy atom. The van der Waals surface area contributed by atoms with Gasteiger partial charge in [0.25, 0.3) is 0 Å². The highest BCUT2D eigenvalue weighted by Gasteiger charge is 2.06. The van der Waals surface area contributed by atoms with E-state index in [0.29, 0.717) is 12.1 Å². The highest BCUT2D eigenvalue weighted by molar-refractivity contribution is 5.87. The van der Waals surface area contributed by atoms with Gasteiger partial charge >= 0.3 is 5.97 Å². The Hall–Kier alpha value is -1.25. The Morgan fingerprint density at radius 2 is 2.56 bits per heavy atom. The van der Waals surface area contributed by atoms with E-state index in [-0.39, 0.29) is 0 Å². The Bertz CT molecular complexity index is 181. The maximum atomic E-state index is 10.2. The number of carboxylic acid groups (broad SMARTS) is 1. The second-order valence-corrected chi connectivity index (χ2v) is 1.68. The number of hydrogen-bond donors (Lipinski definition) is 1. The smallest absolute Gasteiger partial charge is 0.333 e. The third-order valence-corrected chi connectivity index (χ3v) is 1.03. The fraction of sp³-hybridized carbons (Fsp3) is 0.167. The summed E-state index contributed by atoms with van der Waals surface area (Å²) >= 11 is 0. The van der Waals surface area contributed by atoms with Gasteiger partial charge in [0.05, 0.1) is 12.1 Å². The lowest BCUT2D eigenvalue weighted by atomic mass is 10.2. The average Bonchev–Trinajstić information content (AvgIpc) is 1.90. The summed E-state index contributed by atoms with van der Waals surface area (Å²) in [6.45, 7) is 0.297. The van der Waals surface area contributed by atoms with Crippen LogP contribution in [0.25, 0.3) is 0 Å². The van der Waals surface area contributed by atoms with Gasteiger partial charge in [0.2, 0.25) is 0 Å². The van der Waals surface area contributed by atoms with Crippen LogP contribution >= 0.6 is 0 Å². The molecule has 3 nitrogen and oxygen atoms in total. The molecule has 0 aromatic rings. The normalized spacial score (nSPS) is 16.2. The van der Waals surface area contributed by atoms with Crippen molar-refractivity contribution in [3.8, 4) is 0 Å². The summed E-state index contributed by atoms with van der Waals surface area (Å²) in [5, 5.41) is 12.1. The first-order chi connectivity index (χ1) is 4.30. The minimum Gasteiger partial charge on any atom is -0.478 e. The molecule has 0 aromatic carbocycles. The summed E-state index contributed by atoms with van der Waals surface area (Å²) in [7, 11) is 0. The summed E-state index contributed by atoms with van der Waals surface area (Å²) in [6, 6.07) is 0. The van der Waals surface area contributed by atoms with Gasteiger partial charge in [-0.25, -0.2) is 4.79 Å². The van der Waals surface area contributed by atoms with Crippen LogP contribution in [0.3, 0.4) is 0 Å². The molecule has 0 spiro atoms. The maximum absolute atomic E-state index is 10.2. The number of nitrogens with zero attached hydrogens (tertiary/aromatic N) is 1. The predicted octanol–water partition coefficient (Wildman–Crippen LogP) is 0.129. The first-order valence-corrected chi connectivity index (χ1v) is 2.56. The van der Waals surface area contributed by atoms with Gasteiger partial charge in [-0.2, -0.15) is 0 Å². The number of rotatable bonds is 1. The van der Waals surface area contributed by atoms with Gasteiger partial charge < -0.3 is 5.11 Å². The molecule has 9 heavy (non-hydrogen) atoms. The van der Waals surface area contributed by atoms with Crippen LogP contribution in [-0.4, -0.2) is 17.6 Å². The largest absolute Gasteiger partial charge is 0.478 e. The molecule has 0 amide bonds. The van der Waals surface area contributed by atoms with Gasteiger partial charge in [0.1, 0.15) is 0 Å². The molecule has 0 unspecified atom stereocenters. The van der Waals surface area contributed by atoms with Crippen molar-refractivity contribution in [3.63, 3.8) is 0 Å². The van der Waals surface area contributed by atoms with Gasteiger partial charge in [-0.1, -0.05) is 0 Å². The fourth-order valence-electron chi connectivity index (χ4n) is 0.563. The van der Waals surface area contributed by atoms with Crippen molar-refractivity contribution in [2.24, 2.45) is 0 Å².